The third-order valence-electron chi connectivity index (χ3n) is 3.65. The monoisotopic (exact) mass is 293 g/mol. The zero-order chi connectivity index (χ0) is 14.8. The van der Waals surface area contributed by atoms with Crippen LogP contribution in [-0.4, -0.2) is 12.3 Å². The summed E-state index contributed by atoms with van der Waals surface area (Å²) < 4.78 is 0. The standard InChI is InChI=1S/C18H31NS/c1-5-8-15(4)14-18(19-13-6-2)16-9-11-17(12-10-16)20-7-3/h9-12,15,18-19H,5-8,13-14H2,1-4H3. The topological polar surface area (TPSA) is 12.0 Å². The van der Waals surface area contributed by atoms with E-state index in [9.17, 15) is 0 Å². The Morgan fingerprint density at radius 2 is 1.75 bits per heavy atom. The summed E-state index contributed by atoms with van der Waals surface area (Å²) in [5.41, 5.74) is 1.45. The second-order valence-corrected chi connectivity index (χ2v) is 6.98. The van der Waals surface area contributed by atoms with Crippen molar-refractivity contribution >= 4 is 11.8 Å². The molecule has 0 aromatic heterocycles. The zero-order valence-electron chi connectivity index (χ0n) is 13.6. The molecule has 0 spiro atoms. The van der Waals surface area contributed by atoms with Gasteiger partial charge in [0.1, 0.15) is 0 Å². The molecule has 0 aliphatic carbocycles. The number of benzene rings is 1. The first-order valence-electron chi connectivity index (χ1n) is 8.17. The third kappa shape index (κ3) is 6.32. The van der Waals surface area contributed by atoms with Crippen molar-refractivity contribution < 1.29 is 0 Å². The molecule has 0 saturated heterocycles. The molecule has 0 amide bonds. The molecule has 20 heavy (non-hydrogen) atoms. The van der Waals surface area contributed by atoms with E-state index in [4.69, 9.17) is 0 Å². The molecule has 1 aromatic rings. The van der Waals surface area contributed by atoms with Crippen molar-refractivity contribution in [2.45, 2.75) is 64.3 Å². The van der Waals surface area contributed by atoms with Gasteiger partial charge in [0, 0.05) is 10.9 Å². The molecule has 0 fully saturated rings. The molecule has 0 heterocycles. The lowest BCUT2D eigenvalue weighted by molar-refractivity contribution is 0.390. The number of hydrogen-bond acceptors (Lipinski definition) is 2. The summed E-state index contributed by atoms with van der Waals surface area (Å²) in [7, 11) is 0. The Balaban J connectivity index is 2.70. The van der Waals surface area contributed by atoms with E-state index in [2.05, 4.69) is 57.3 Å². The highest BCUT2D eigenvalue weighted by atomic mass is 32.2. The van der Waals surface area contributed by atoms with Gasteiger partial charge in [-0.2, -0.15) is 0 Å². The van der Waals surface area contributed by atoms with E-state index in [0.29, 0.717) is 6.04 Å². The molecule has 0 radical (unpaired) electrons. The normalized spacial score (nSPS) is 14.2. The number of thioether (sulfide) groups is 1. The van der Waals surface area contributed by atoms with Gasteiger partial charge in [0.15, 0.2) is 0 Å². The minimum atomic E-state index is 0.511. The van der Waals surface area contributed by atoms with E-state index < -0.39 is 0 Å². The van der Waals surface area contributed by atoms with Gasteiger partial charge in [-0.1, -0.05) is 52.7 Å². The van der Waals surface area contributed by atoms with Crippen molar-refractivity contribution in [3.8, 4) is 0 Å². The van der Waals surface area contributed by atoms with Crippen LogP contribution in [0.4, 0.5) is 0 Å². The minimum Gasteiger partial charge on any atom is -0.310 e. The molecule has 2 atom stereocenters. The lowest BCUT2D eigenvalue weighted by atomic mass is 9.93. The molecule has 114 valence electrons. The van der Waals surface area contributed by atoms with Gasteiger partial charge in [-0.3, -0.25) is 0 Å². The zero-order valence-corrected chi connectivity index (χ0v) is 14.4. The maximum Gasteiger partial charge on any atom is 0.0322 e. The summed E-state index contributed by atoms with van der Waals surface area (Å²) in [6.45, 7) is 10.2. The Hall–Kier alpha value is -0.470. The molecule has 0 aliphatic rings. The van der Waals surface area contributed by atoms with Crippen LogP contribution in [0.25, 0.3) is 0 Å². The highest BCUT2D eigenvalue weighted by Gasteiger charge is 2.14. The highest BCUT2D eigenvalue weighted by molar-refractivity contribution is 7.99. The van der Waals surface area contributed by atoms with Crippen molar-refractivity contribution in [2.24, 2.45) is 5.92 Å². The van der Waals surface area contributed by atoms with E-state index >= 15 is 0 Å². The van der Waals surface area contributed by atoms with Crippen molar-refractivity contribution in [1.82, 2.24) is 5.32 Å². The molecule has 1 N–H and O–H groups in total. The van der Waals surface area contributed by atoms with Crippen LogP contribution in [-0.2, 0) is 0 Å². The average molecular weight is 294 g/mol. The second-order valence-electron chi connectivity index (χ2n) is 5.64. The van der Waals surface area contributed by atoms with Crippen molar-refractivity contribution in [2.75, 3.05) is 12.3 Å². The predicted molar refractivity (Wildman–Crippen MR) is 92.6 cm³/mol. The Labute approximate surface area is 129 Å². The maximum atomic E-state index is 3.72. The Morgan fingerprint density at radius 3 is 2.30 bits per heavy atom. The summed E-state index contributed by atoms with van der Waals surface area (Å²) >= 11 is 1.92. The van der Waals surface area contributed by atoms with Crippen LogP contribution in [0.3, 0.4) is 0 Å². The maximum absolute atomic E-state index is 3.72. The molecular weight excluding hydrogens is 262 g/mol. The molecule has 1 aromatic carbocycles. The SMILES string of the molecule is CCCNC(CC(C)CCC)c1ccc(SCC)cc1. The predicted octanol–water partition coefficient (Wildman–Crippen LogP) is 5.67. The summed E-state index contributed by atoms with van der Waals surface area (Å²) in [5, 5.41) is 3.72. The summed E-state index contributed by atoms with van der Waals surface area (Å²) in [6, 6.07) is 9.68. The lowest BCUT2D eigenvalue weighted by Gasteiger charge is -2.23. The number of hydrogen-bond donors (Lipinski definition) is 1. The van der Waals surface area contributed by atoms with Crippen molar-refractivity contribution in [3.05, 3.63) is 29.8 Å². The number of nitrogens with one attached hydrogen (secondary N) is 1. The summed E-state index contributed by atoms with van der Waals surface area (Å²) in [4.78, 5) is 1.38. The Morgan fingerprint density at radius 1 is 1.05 bits per heavy atom. The van der Waals surface area contributed by atoms with Gasteiger partial charge in [0.2, 0.25) is 0 Å². The van der Waals surface area contributed by atoms with Crippen LogP contribution in [0, 0.1) is 5.92 Å². The van der Waals surface area contributed by atoms with Gasteiger partial charge in [-0.25, -0.2) is 0 Å². The molecule has 1 nitrogen and oxygen atoms in total. The largest absolute Gasteiger partial charge is 0.310 e. The van der Waals surface area contributed by atoms with Gasteiger partial charge in [-0.05, 0) is 48.8 Å². The molecule has 0 saturated carbocycles. The molecule has 1 rings (SSSR count). The summed E-state index contributed by atoms with van der Waals surface area (Å²) in [5.74, 6) is 1.93. The van der Waals surface area contributed by atoms with Crippen LogP contribution in [0.15, 0.2) is 29.2 Å². The van der Waals surface area contributed by atoms with Gasteiger partial charge in [0.05, 0.1) is 0 Å². The first-order valence-corrected chi connectivity index (χ1v) is 9.15. The molecule has 2 heteroatoms. The lowest BCUT2D eigenvalue weighted by Crippen LogP contribution is -2.24. The molecular formula is C18H31NS. The van der Waals surface area contributed by atoms with Gasteiger partial charge < -0.3 is 5.32 Å². The van der Waals surface area contributed by atoms with Gasteiger partial charge >= 0.3 is 0 Å². The van der Waals surface area contributed by atoms with Crippen LogP contribution in [0.2, 0.25) is 0 Å². The van der Waals surface area contributed by atoms with E-state index in [0.717, 1.165) is 18.2 Å². The third-order valence-corrected chi connectivity index (χ3v) is 4.55. The van der Waals surface area contributed by atoms with E-state index in [1.165, 1.54) is 36.1 Å². The van der Waals surface area contributed by atoms with Crippen LogP contribution in [0.1, 0.15) is 65.0 Å². The van der Waals surface area contributed by atoms with Crippen LogP contribution < -0.4 is 5.32 Å². The van der Waals surface area contributed by atoms with Crippen molar-refractivity contribution in [3.63, 3.8) is 0 Å². The minimum absolute atomic E-state index is 0.511. The van der Waals surface area contributed by atoms with Crippen molar-refractivity contribution in [1.29, 1.82) is 0 Å². The fraction of sp³-hybridized carbons (Fsp3) is 0.667. The second kappa shape index (κ2) is 10.3. The average Bonchev–Trinajstić information content (AvgIpc) is 2.45. The van der Waals surface area contributed by atoms with Crippen LogP contribution >= 0.6 is 11.8 Å². The fourth-order valence-electron chi connectivity index (χ4n) is 2.63. The molecule has 0 bridgehead atoms. The smallest absolute Gasteiger partial charge is 0.0322 e. The first kappa shape index (κ1) is 17.6. The van der Waals surface area contributed by atoms with Crippen LogP contribution in [0.5, 0.6) is 0 Å². The fourth-order valence-corrected chi connectivity index (χ4v) is 3.29. The van der Waals surface area contributed by atoms with E-state index in [-0.39, 0.29) is 0 Å². The quantitative estimate of drug-likeness (QED) is 0.558. The first-order chi connectivity index (χ1) is 9.71. The highest BCUT2D eigenvalue weighted by Crippen LogP contribution is 2.26. The molecule has 0 aliphatic heterocycles. The Kier molecular flexibility index (Phi) is 9.04. The van der Waals surface area contributed by atoms with Gasteiger partial charge in [0.25, 0.3) is 0 Å². The summed E-state index contributed by atoms with van der Waals surface area (Å²) in [6.07, 6.45) is 5.05. The number of rotatable bonds is 10. The van der Waals surface area contributed by atoms with Gasteiger partial charge in [-0.15, -0.1) is 11.8 Å². The molecule has 2 unspecified atom stereocenters. The van der Waals surface area contributed by atoms with E-state index in [1.54, 1.807) is 0 Å². The van der Waals surface area contributed by atoms with E-state index in [1.807, 2.05) is 11.8 Å². The Bertz CT molecular complexity index is 347.